The molecule has 1 aromatic carbocycles. The molecule has 0 aliphatic carbocycles. The predicted octanol–water partition coefficient (Wildman–Crippen LogP) is 3.62. The maximum atomic E-state index is 3.53. The van der Waals surface area contributed by atoms with Crippen LogP contribution in [0.15, 0.2) is 18.2 Å². The lowest BCUT2D eigenvalue weighted by atomic mass is 10.00. The van der Waals surface area contributed by atoms with Gasteiger partial charge in [-0.25, -0.2) is 0 Å². The second-order valence-electron chi connectivity index (χ2n) is 4.82. The van der Waals surface area contributed by atoms with Crippen LogP contribution in [-0.4, -0.2) is 12.6 Å². The molecule has 1 rings (SSSR count). The first-order valence-corrected chi connectivity index (χ1v) is 6.43. The van der Waals surface area contributed by atoms with Crippen LogP contribution < -0.4 is 5.32 Å². The van der Waals surface area contributed by atoms with E-state index < -0.39 is 0 Å². The highest BCUT2D eigenvalue weighted by Crippen LogP contribution is 2.13. The molecule has 1 N–H and O–H groups in total. The molecule has 90 valence electrons. The fourth-order valence-corrected chi connectivity index (χ4v) is 1.99. The Morgan fingerprint density at radius 3 is 2.62 bits per heavy atom. The smallest absolute Gasteiger partial charge is 0.00418 e. The van der Waals surface area contributed by atoms with Gasteiger partial charge in [0.2, 0.25) is 0 Å². The molecule has 0 bridgehead atoms. The van der Waals surface area contributed by atoms with Crippen LogP contribution in [0, 0.1) is 13.8 Å². The quantitative estimate of drug-likeness (QED) is 0.770. The lowest BCUT2D eigenvalue weighted by Gasteiger charge is -2.14. The van der Waals surface area contributed by atoms with E-state index in [1.54, 1.807) is 0 Å². The molecule has 0 aromatic heterocycles. The molecule has 0 aliphatic heterocycles. The first kappa shape index (κ1) is 13.2. The van der Waals surface area contributed by atoms with Gasteiger partial charge >= 0.3 is 0 Å². The van der Waals surface area contributed by atoms with Gasteiger partial charge in [0.1, 0.15) is 0 Å². The van der Waals surface area contributed by atoms with Crippen LogP contribution in [0.25, 0.3) is 0 Å². The van der Waals surface area contributed by atoms with Gasteiger partial charge in [-0.1, -0.05) is 30.7 Å². The lowest BCUT2D eigenvalue weighted by Crippen LogP contribution is -2.27. The average molecular weight is 219 g/mol. The van der Waals surface area contributed by atoms with Crippen molar-refractivity contribution in [1.29, 1.82) is 0 Å². The van der Waals surface area contributed by atoms with E-state index in [2.05, 4.69) is 51.2 Å². The SMILES string of the molecule is CCCNC(C)CCc1ccc(C)cc1C. The van der Waals surface area contributed by atoms with Gasteiger partial charge in [-0.15, -0.1) is 0 Å². The van der Waals surface area contributed by atoms with E-state index in [0.29, 0.717) is 6.04 Å². The van der Waals surface area contributed by atoms with Crippen molar-refractivity contribution in [3.05, 3.63) is 34.9 Å². The summed E-state index contributed by atoms with van der Waals surface area (Å²) in [6.07, 6.45) is 3.63. The minimum absolute atomic E-state index is 0.626. The molecule has 1 nitrogen and oxygen atoms in total. The normalized spacial score (nSPS) is 12.8. The van der Waals surface area contributed by atoms with Crippen molar-refractivity contribution in [3.63, 3.8) is 0 Å². The Hall–Kier alpha value is -0.820. The third-order valence-electron chi connectivity index (χ3n) is 3.09. The molecule has 0 amide bonds. The van der Waals surface area contributed by atoms with Crippen LogP contribution in [0.3, 0.4) is 0 Å². The van der Waals surface area contributed by atoms with E-state index in [0.717, 1.165) is 6.54 Å². The highest BCUT2D eigenvalue weighted by Gasteiger charge is 2.03. The molecular weight excluding hydrogens is 194 g/mol. The Morgan fingerprint density at radius 1 is 1.25 bits per heavy atom. The van der Waals surface area contributed by atoms with Gasteiger partial charge < -0.3 is 5.32 Å². The van der Waals surface area contributed by atoms with Gasteiger partial charge in [-0.05, 0) is 57.7 Å². The van der Waals surface area contributed by atoms with Crippen LogP contribution in [0.1, 0.15) is 43.4 Å². The molecule has 0 heterocycles. The second kappa shape index (κ2) is 6.70. The second-order valence-corrected chi connectivity index (χ2v) is 4.82. The topological polar surface area (TPSA) is 12.0 Å². The summed E-state index contributed by atoms with van der Waals surface area (Å²) in [5, 5.41) is 3.53. The monoisotopic (exact) mass is 219 g/mol. The molecule has 1 heteroatoms. The molecular formula is C15H25N. The first-order chi connectivity index (χ1) is 7.63. The molecule has 0 radical (unpaired) electrons. The highest BCUT2D eigenvalue weighted by molar-refractivity contribution is 5.30. The van der Waals surface area contributed by atoms with Gasteiger partial charge in [0.15, 0.2) is 0 Å². The summed E-state index contributed by atoms with van der Waals surface area (Å²) >= 11 is 0. The third kappa shape index (κ3) is 4.36. The number of nitrogens with one attached hydrogen (secondary N) is 1. The largest absolute Gasteiger partial charge is 0.314 e. The van der Waals surface area contributed by atoms with Crippen LogP contribution in [0.2, 0.25) is 0 Å². The Morgan fingerprint density at radius 2 is 2.00 bits per heavy atom. The van der Waals surface area contributed by atoms with E-state index in [1.807, 2.05) is 0 Å². The Bertz CT molecular complexity index is 317. The Labute approximate surface area is 100 Å². The summed E-state index contributed by atoms with van der Waals surface area (Å²) in [5.74, 6) is 0. The third-order valence-corrected chi connectivity index (χ3v) is 3.09. The van der Waals surface area contributed by atoms with Gasteiger partial charge in [-0.2, -0.15) is 0 Å². The van der Waals surface area contributed by atoms with Crippen molar-refractivity contribution in [2.24, 2.45) is 0 Å². The van der Waals surface area contributed by atoms with Crippen LogP contribution >= 0.6 is 0 Å². The fourth-order valence-electron chi connectivity index (χ4n) is 1.99. The Kier molecular flexibility index (Phi) is 5.54. The summed E-state index contributed by atoms with van der Waals surface area (Å²) < 4.78 is 0. The minimum atomic E-state index is 0.626. The van der Waals surface area contributed by atoms with Gasteiger partial charge in [0, 0.05) is 6.04 Å². The van der Waals surface area contributed by atoms with E-state index in [1.165, 1.54) is 36.0 Å². The number of hydrogen-bond donors (Lipinski definition) is 1. The number of hydrogen-bond acceptors (Lipinski definition) is 1. The number of aryl methyl sites for hydroxylation is 3. The minimum Gasteiger partial charge on any atom is -0.314 e. The van der Waals surface area contributed by atoms with Crippen molar-refractivity contribution in [2.45, 2.75) is 53.0 Å². The molecule has 0 saturated heterocycles. The lowest BCUT2D eigenvalue weighted by molar-refractivity contribution is 0.513. The molecule has 0 fully saturated rings. The maximum Gasteiger partial charge on any atom is 0.00418 e. The zero-order chi connectivity index (χ0) is 12.0. The zero-order valence-electron chi connectivity index (χ0n) is 11.1. The van der Waals surface area contributed by atoms with Crippen LogP contribution in [0.5, 0.6) is 0 Å². The van der Waals surface area contributed by atoms with Crippen molar-refractivity contribution in [3.8, 4) is 0 Å². The Balaban J connectivity index is 2.42. The maximum absolute atomic E-state index is 3.53. The van der Waals surface area contributed by atoms with Crippen molar-refractivity contribution >= 4 is 0 Å². The summed E-state index contributed by atoms with van der Waals surface area (Å²) in [5.41, 5.74) is 4.29. The van der Waals surface area contributed by atoms with Crippen molar-refractivity contribution in [2.75, 3.05) is 6.54 Å². The standard InChI is InChI=1S/C15H25N/c1-5-10-16-14(4)7-9-15-8-6-12(2)11-13(15)3/h6,8,11,14,16H,5,7,9-10H2,1-4H3. The van der Waals surface area contributed by atoms with Gasteiger partial charge in [0.25, 0.3) is 0 Å². The molecule has 1 aromatic rings. The predicted molar refractivity (Wildman–Crippen MR) is 72.0 cm³/mol. The van der Waals surface area contributed by atoms with Crippen molar-refractivity contribution < 1.29 is 0 Å². The molecule has 0 aliphatic rings. The molecule has 0 spiro atoms. The van der Waals surface area contributed by atoms with E-state index in [4.69, 9.17) is 0 Å². The first-order valence-electron chi connectivity index (χ1n) is 6.43. The fraction of sp³-hybridized carbons (Fsp3) is 0.600. The summed E-state index contributed by atoms with van der Waals surface area (Å²) in [7, 11) is 0. The highest BCUT2D eigenvalue weighted by atomic mass is 14.9. The van der Waals surface area contributed by atoms with Crippen LogP contribution in [0.4, 0.5) is 0 Å². The summed E-state index contributed by atoms with van der Waals surface area (Å²) in [6, 6.07) is 7.39. The molecule has 1 unspecified atom stereocenters. The van der Waals surface area contributed by atoms with E-state index in [-0.39, 0.29) is 0 Å². The zero-order valence-corrected chi connectivity index (χ0v) is 11.1. The number of rotatable bonds is 6. The van der Waals surface area contributed by atoms with Gasteiger partial charge in [0.05, 0.1) is 0 Å². The van der Waals surface area contributed by atoms with Crippen molar-refractivity contribution in [1.82, 2.24) is 5.32 Å². The summed E-state index contributed by atoms with van der Waals surface area (Å²) in [6.45, 7) is 9.99. The van der Waals surface area contributed by atoms with Crippen LogP contribution in [-0.2, 0) is 6.42 Å². The molecule has 16 heavy (non-hydrogen) atoms. The average Bonchev–Trinajstić information content (AvgIpc) is 2.25. The summed E-state index contributed by atoms with van der Waals surface area (Å²) in [4.78, 5) is 0. The molecule has 0 saturated carbocycles. The number of benzene rings is 1. The molecule has 1 atom stereocenters. The van der Waals surface area contributed by atoms with E-state index >= 15 is 0 Å². The van der Waals surface area contributed by atoms with Gasteiger partial charge in [-0.3, -0.25) is 0 Å². The van der Waals surface area contributed by atoms with E-state index in [9.17, 15) is 0 Å².